The van der Waals surface area contributed by atoms with Crippen LogP contribution in [0.25, 0.3) is 5.82 Å². The first-order valence-electron chi connectivity index (χ1n) is 10.1. The van der Waals surface area contributed by atoms with Crippen LogP contribution in [0.15, 0.2) is 43.0 Å². The average Bonchev–Trinajstić information content (AvgIpc) is 3.46. The summed E-state index contributed by atoms with van der Waals surface area (Å²) in [7, 11) is 0. The van der Waals surface area contributed by atoms with Crippen molar-refractivity contribution in [1.82, 2.24) is 25.1 Å². The minimum Gasteiger partial charge on any atom is -0.442 e. The van der Waals surface area contributed by atoms with Crippen LogP contribution in [0.2, 0.25) is 0 Å². The van der Waals surface area contributed by atoms with Crippen LogP contribution in [-0.4, -0.2) is 50.9 Å². The van der Waals surface area contributed by atoms with Crippen molar-refractivity contribution in [2.75, 3.05) is 22.9 Å². The Labute approximate surface area is 182 Å². The van der Waals surface area contributed by atoms with Crippen LogP contribution in [-0.2, 0) is 22.6 Å². The standard InChI is InChI=1S/C21H20FN7O3/c1-13(30)25-7-16-11-28(21(31)32-16)15-2-3-19(17(22)6-15)27-9-14-10-29(26-18(14)12-27)20-8-23-4-5-24-20/h2-6,8,10,16H,7,9,11-12H2,1H3,(H,25,30)/t16-/m0/s1. The van der Waals surface area contributed by atoms with Gasteiger partial charge in [-0.3, -0.25) is 14.7 Å². The molecule has 164 valence electrons. The van der Waals surface area contributed by atoms with Gasteiger partial charge in [-0.25, -0.2) is 18.9 Å². The first-order chi connectivity index (χ1) is 15.5. The number of anilines is 2. The van der Waals surface area contributed by atoms with Crippen molar-refractivity contribution in [2.45, 2.75) is 26.1 Å². The summed E-state index contributed by atoms with van der Waals surface area (Å²) >= 11 is 0. The van der Waals surface area contributed by atoms with Gasteiger partial charge in [0.1, 0.15) is 11.9 Å². The molecule has 1 fully saturated rings. The van der Waals surface area contributed by atoms with Gasteiger partial charge in [-0.05, 0) is 18.2 Å². The summed E-state index contributed by atoms with van der Waals surface area (Å²) in [6.45, 7) is 2.82. The van der Waals surface area contributed by atoms with Crippen molar-refractivity contribution in [3.8, 4) is 5.82 Å². The quantitative estimate of drug-likeness (QED) is 0.649. The Bertz CT molecular complexity index is 1160. The van der Waals surface area contributed by atoms with E-state index in [2.05, 4.69) is 20.4 Å². The Hall–Kier alpha value is -4.02. The fraction of sp³-hybridized carbons (Fsp3) is 0.286. The molecule has 10 nitrogen and oxygen atoms in total. The second kappa shape index (κ2) is 7.91. The van der Waals surface area contributed by atoms with Gasteiger partial charge in [0.15, 0.2) is 5.82 Å². The molecule has 1 atom stereocenters. The Balaban J connectivity index is 1.28. The summed E-state index contributed by atoms with van der Waals surface area (Å²) in [6, 6.07) is 4.67. The fourth-order valence-corrected chi connectivity index (χ4v) is 3.87. The molecule has 1 aromatic carbocycles. The van der Waals surface area contributed by atoms with Gasteiger partial charge in [0, 0.05) is 37.6 Å². The molecule has 32 heavy (non-hydrogen) atoms. The molecule has 2 aliphatic rings. The minimum absolute atomic E-state index is 0.204. The number of aromatic nitrogens is 4. The van der Waals surface area contributed by atoms with E-state index in [1.807, 2.05) is 11.1 Å². The molecule has 5 rings (SSSR count). The first kappa shape index (κ1) is 19.9. The number of carbonyl (C=O) groups excluding carboxylic acids is 2. The van der Waals surface area contributed by atoms with E-state index in [4.69, 9.17) is 4.74 Å². The summed E-state index contributed by atoms with van der Waals surface area (Å²) in [5.74, 6) is -0.0179. The predicted octanol–water partition coefficient (Wildman–Crippen LogP) is 1.78. The summed E-state index contributed by atoms with van der Waals surface area (Å²) < 4.78 is 21.9. The van der Waals surface area contributed by atoms with E-state index in [1.165, 1.54) is 17.9 Å². The molecule has 2 aliphatic heterocycles. The lowest BCUT2D eigenvalue weighted by atomic mass is 10.2. The van der Waals surface area contributed by atoms with Crippen molar-refractivity contribution < 1.29 is 18.7 Å². The highest BCUT2D eigenvalue weighted by Gasteiger charge is 2.33. The molecule has 2 amide bonds. The average molecular weight is 437 g/mol. The molecule has 4 heterocycles. The molecule has 11 heteroatoms. The van der Waals surface area contributed by atoms with E-state index in [9.17, 15) is 14.0 Å². The third-order valence-electron chi connectivity index (χ3n) is 5.40. The van der Waals surface area contributed by atoms with E-state index in [1.54, 1.807) is 35.4 Å². The topological polar surface area (TPSA) is 105 Å². The highest BCUT2D eigenvalue weighted by molar-refractivity contribution is 5.90. The van der Waals surface area contributed by atoms with Crippen LogP contribution in [0.3, 0.4) is 0 Å². The lowest BCUT2D eigenvalue weighted by molar-refractivity contribution is -0.119. The van der Waals surface area contributed by atoms with Crippen LogP contribution >= 0.6 is 0 Å². The van der Waals surface area contributed by atoms with E-state index in [-0.39, 0.29) is 19.0 Å². The number of hydrogen-bond acceptors (Lipinski definition) is 7. The summed E-state index contributed by atoms with van der Waals surface area (Å²) in [6.07, 6.45) is 5.66. The molecule has 2 aromatic heterocycles. The van der Waals surface area contributed by atoms with E-state index >= 15 is 0 Å². The van der Waals surface area contributed by atoms with Crippen molar-refractivity contribution >= 4 is 23.4 Å². The molecule has 0 bridgehead atoms. The SMILES string of the molecule is CC(=O)NC[C@H]1CN(c2ccc(N3Cc4cn(-c5cnccn5)nc4C3)c(F)c2)C(=O)O1. The van der Waals surface area contributed by atoms with Crippen LogP contribution in [0.1, 0.15) is 18.2 Å². The number of fused-ring (bicyclic) bond motifs is 1. The van der Waals surface area contributed by atoms with Gasteiger partial charge in [-0.1, -0.05) is 0 Å². The van der Waals surface area contributed by atoms with Gasteiger partial charge in [0.05, 0.1) is 42.9 Å². The van der Waals surface area contributed by atoms with Gasteiger partial charge >= 0.3 is 6.09 Å². The van der Waals surface area contributed by atoms with E-state index < -0.39 is 18.0 Å². The molecule has 1 saturated heterocycles. The molecule has 3 aromatic rings. The number of rotatable bonds is 5. The maximum Gasteiger partial charge on any atom is 0.414 e. The van der Waals surface area contributed by atoms with Crippen molar-refractivity contribution in [1.29, 1.82) is 0 Å². The van der Waals surface area contributed by atoms with Crippen LogP contribution in [0.5, 0.6) is 0 Å². The third kappa shape index (κ3) is 3.72. The summed E-state index contributed by atoms with van der Waals surface area (Å²) in [5.41, 5.74) is 2.68. The molecule has 1 N–H and O–H groups in total. The number of halogens is 1. The molecule has 0 aliphatic carbocycles. The van der Waals surface area contributed by atoms with Crippen LogP contribution in [0, 0.1) is 5.82 Å². The van der Waals surface area contributed by atoms with Gasteiger partial charge in [-0.15, -0.1) is 0 Å². The lowest BCUT2D eigenvalue weighted by Gasteiger charge is -2.20. The van der Waals surface area contributed by atoms with Crippen molar-refractivity contribution in [3.05, 3.63) is 60.1 Å². The molecular weight excluding hydrogens is 417 g/mol. The Morgan fingerprint density at radius 2 is 2.19 bits per heavy atom. The van der Waals surface area contributed by atoms with Crippen LogP contribution in [0.4, 0.5) is 20.6 Å². The predicted molar refractivity (Wildman–Crippen MR) is 112 cm³/mol. The van der Waals surface area contributed by atoms with Gasteiger partial charge < -0.3 is 15.0 Å². The second-order valence-electron chi connectivity index (χ2n) is 7.65. The number of amides is 2. The van der Waals surface area contributed by atoms with E-state index in [0.29, 0.717) is 30.3 Å². The number of hydrogen-bond donors (Lipinski definition) is 1. The Morgan fingerprint density at radius 1 is 1.31 bits per heavy atom. The molecule has 0 radical (unpaired) electrons. The first-order valence-corrected chi connectivity index (χ1v) is 10.1. The largest absolute Gasteiger partial charge is 0.442 e. The van der Waals surface area contributed by atoms with Crippen molar-refractivity contribution in [2.24, 2.45) is 0 Å². The van der Waals surface area contributed by atoms with Gasteiger partial charge in [0.25, 0.3) is 0 Å². The van der Waals surface area contributed by atoms with Gasteiger partial charge in [-0.2, -0.15) is 5.10 Å². The maximum atomic E-state index is 15.0. The zero-order valence-electron chi connectivity index (χ0n) is 17.2. The fourth-order valence-electron chi connectivity index (χ4n) is 3.87. The molecular formula is C21H20FN7O3. The zero-order valence-corrected chi connectivity index (χ0v) is 17.2. The summed E-state index contributed by atoms with van der Waals surface area (Å²) in [4.78, 5) is 34.8. The number of ether oxygens (including phenoxy) is 1. The highest BCUT2D eigenvalue weighted by atomic mass is 19.1. The summed E-state index contributed by atoms with van der Waals surface area (Å²) in [5, 5.41) is 7.17. The monoisotopic (exact) mass is 437 g/mol. The number of nitrogens with one attached hydrogen (secondary N) is 1. The third-order valence-corrected chi connectivity index (χ3v) is 5.40. The highest BCUT2D eigenvalue weighted by Crippen LogP contribution is 2.33. The molecule has 0 unspecified atom stereocenters. The molecule has 0 spiro atoms. The number of nitrogens with zero attached hydrogens (tertiary/aromatic N) is 6. The maximum absolute atomic E-state index is 15.0. The molecule has 0 saturated carbocycles. The normalized spacial score (nSPS) is 17.4. The van der Waals surface area contributed by atoms with Gasteiger partial charge in [0.2, 0.25) is 5.91 Å². The number of cyclic esters (lactones) is 1. The van der Waals surface area contributed by atoms with Crippen LogP contribution < -0.4 is 15.1 Å². The van der Waals surface area contributed by atoms with E-state index in [0.717, 1.165) is 11.3 Å². The Morgan fingerprint density at radius 3 is 2.91 bits per heavy atom. The second-order valence-corrected chi connectivity index (χ2v) is 7.65. The van der Waals surface area contributed by atoms with Crippen molar-refractivity contribution in [3.63, 3.8) is 0 Å². The smallest absolute Gasteiger partial charge is 0.414 e. The minimum atomic E-state index is -0.563. The Kier molecular flexibility index (Phi) is 4.92. The number of carbonyl (C=O) groups is 2. The zero-order chi connectivity index (χ0) is 22.2. The number of benzene rings is 1. The lowest BCUT2D eigenvalue weighted by Crippen LogP contribution is -2.33.